The minimum atomic E-state index is -2.88. The highest BCUT2D eigenvalue weighted by atomic mass is 32.1. The number of nitrogens with zero attached hydrogens (tertiary/aromatic N) is 2. The van der Waals surface area contributed by atoms with E-state index in [1.54, 1.807) is 18.3 Å². The second-order valence-corrected chi connectivity index (χ2v) is 6.72. The number of halogens is 2. The van der Waals surface area contributed by atoms with Gasteiger partial charge in [-0.3, -0.25) is 9.59 Å². The summed E-state index contributed by atoms with van der Waals surface area (Å²) in [6.45, 7) is -2.32. The minimum absolute atomic E-state index is 0.0502. The number of alkyl halides is 2. The van der Waals surface area contributed by atoms with E-state index in [0.29, 0.717) is 19.4 Å². The van der Waals surface area contributed by atoms with Gasteiger partial charge in [0.15, 0.2) is 0 Å². The number of amides is 2. The molecule has 0 aliphatic carbocycles. The molecule has 2 heterocycles. The number of hydrogen-bond acceptors (Lipinski definition) is 5. The number of nitrogens with one attached hydrogen (secondary N) is 1. The van der Waals surface area contributed by atoms with Crippen LogP contribution in [0.1, 0.15) is 23.4 Å². The van der Waals surface area contributed by atoms with Gasteiger partial charge in [0.1, 0.15) is 16.8 Å². The maximum atomic E-state index is 12.4. The predicted molar refractivity (Wildman–Crippen MR) is 90.6 cm³/mol. The van der Waals surface area contributed by atoms with Crippen LogP contribution in [0.25, 0.3) is 0 Å². The van der Waals surface area contributed by atoms with E-state index in [1.165, 1.54) is 28.4 Å². The zero-order valence-electron chi connectivity index (χ0n) is 13.7. The van der Waals surface area contributed by atoms with E-state index >= 15 is 0 Å². The van der Waals surface area contributed by atoms with Gasteiger partial charge in [-0.1, -0.05) is 12.1 Å². The van der Waals surface area contributed by atoms with Gasteiger partial charge in [-0.05, 0) is 24.1 Å². The summed E-state index contributed by atoms with van der Waals surface area (Å²) in [6, 6.07) is 5.50. The first-order chi connectivity index (χ1) is 12.5. The summed E-state index contributed by atoms with van der Waals surface area (Å²) in [5.74, 6) is -0.273. The molecule has 0 spiro atoms. The highest BCUT2D eigenvalue weighted by Crippen LogP contribution is 2.23. The molecular weight excluding hydrogens is 364 g/mol. The van der Waals surface area contributed by atoms with Crippen molar-refractivity contribution in [3.05, 3.63) is 46.4 Å². The molecule has 1 aliphatic rings. The molecule has 3 rings (SSSR count). The van der Waals surface area contributed by atoms with Crippen LogP contribution in [-0.2, 0) is 22.7 Å². The van der Waals surface area contributed by atoms with E-state index in [2.05, 4.69) is 15.0 Å². The number of benzene rings is 1. The van der Waals surface area contributed by atoms with Gasteiger partial charge < -0.3 is 15.0 Å². The highest BCUT2D eigenvalue weighted by molar-refractivity contribution is 7.09. The Hall–Kier alpha value is -2.55. The van der Waals surface area contributed by atoms with Crippen LogP contribution in [0.15, 0.2) is 35.8 Å². The summed E-state index contributed by atoms with van der Waals surface area (Å²) in [4.78, 5) is 30.2. The quantitative estimate of drug-likeness (QED) is 0.800. The van der Waals surface area contributed by atoms with Crippen LogP contribution in [0, 0.1) is 0 Å². The van der Waals surface area contributed by atoms with Gasteiger partial charge in [-0.15, -0.1) is 11.3 Å². The number of likely N-dealkylation sites (tertiary alicyclic amines) is 1. The van der Waals surface area contributed by atoms with Gasteiger partial charge in [0.2, 0.25) is 11.8 Å². The Labute approximate surface area is 152 Å². The third-order valence-electron chi connectivity index (χ3n) is 4.03. The number of carbonyl (C=O) groups is 2. The monoisotopic (exact) mass is 381 g/mol. The Morgan fingerprint density at radius 3 is 2.81 bits per heavy atom. The van der Waals surface area contributed by atoms with Crippen molar-refractivity contribution in [3.8, 4) is 5.75 Å². The Bertz CT molecular complexity index is 753. The van der Waals surface area contributed by atoms with Crippen LogP contribution in [-0.4, -0.2) is 34.4 Å². The van der Waals surface area contributed by atoms with Gasteiger partial charge >= 0.3 is 6.61 Å². The number of ether oxygens (including phenoxy) is 1. The molecule has 1 N–H and O–H groups in total. The Morgan fingerprint density at radius 2 is 2.15 bits per heavy atom. The molecule has 1 atom stereocenters. The minimum Gasteiger partial charge on any atom is -0.435 e. The van der Waals surface area contributed by atoms with Gasteiger partial charge in [0.25, 0.3) is 0 Å². The summed E-state index contributed by atoms with van der Waals surface area (Å²) < 4.78 is 28.7. The van der Waals surface area contributed by atoms with E-state index in [4.69, 9.17) is 0 Å². The van der Waals surface area contributed by atoms with Crippen LogP contribution >= 0.6 is 11.3 Å². The molecule has 0 unspecified atom stereocenters. The lowest BCUT2D eigenvalue weighted by molar-refractivity contribution is -0.135. The second kappa shape index (κ2) is 8.22. The SMILES string of the molecule is O=C(NCc1nccs1)[C@H]1CCC(=O)N1Cc1ccc(OC(F)F)cc1. The maximum Gasteiger partial charge on any atom is 0.387 e. The normalized spacial score (nSPS) is 17.0. The van der Waals surface area contributed by atoms with Gasteiger partial charge in [0, 0.05) is 24.5 Å². The molecule has 0 radical (unpaired) electrons. The van der Waals surface area contributed by atoms with E-state index in [-0.39, 0.29) is 24.1 Å². The van der Waals surface area contributed by atoms with Crippen molar-refractivity contribution in [3.63, 3.8) is 0 Å². The number of carbonyl (C=O) groups excluding carboxylic acids is 2. The van der Waals surface area contributed by atoms with Crippen molar-refractivity contribution in [2.45, 2.75) is 38.6 Å². The van der Waals surface area contributed by atoms with E-state index < -0.39 is 12.7 Å². The third-order valence-corrected chi connectivity index (χ3v) is 4.81. The summed E-state index contributed by atoms with van der Waals surface area (Å²) >= 11 is 1.45. The average Bonchev–Trinajstić information content (AvgIpc) is 3.25. The van der Waals surface area contributed by atoms with E-state index in [9.17, 15) is 18.4 Å². The lowest BCUT2D eigenvalue weighted by atomic mass is 10.1. The number of thiazole rings is 1. The van der Waals surface area contributed by atoms with Crippen LogP contribution in [0.4, 0.5) is 8.78 Å². The smallest absolute Gasteiger partial charge is 0.387 e. The first kappa shape index (κ1) is 18.2. The lowest BCUT2D eigenvalue weighted by Gasteiger charge is -2.24. The van der Waals surface area contributed by atoms with Crippen molar-refractivity contribution < 1.29 is 23.1 Å². The molecule has 2 amide bonds. The van der Waals surface area contributed by atoms with Crippen LogP contribution < -0.4 is 10.1 Å². The molecule has 26 heavy (non-hydrogen) atoms. The molecule has 2 aromatic rings. The van der Waals surface area contributed by atoms with Gasteiger partial charge in [-0.2, -0.15) is 8.78 Å². The third kappa shape index (κ3) is 4.54. The fraction of sp³-hybridized carbons (Fsp3) is 0.353. The zero-order valence-corrected chi connectivity index (χ0v) is 14.5. The first-order valence-electron chi connectivity index (χ1n) is 8.02. The van der Waals surface area contributed by atoms with Crippen molar-refractivity contribution >= 4 is 23.2 Å². The topological polar surface area (TPSA) is 71.5 Å². The summed E-state index contributed by atoms with van der Waals surface area (Å²) in [5.41, 5.74) is 0.736. The molecule has 9 heteroatoms. The predicted octanol–water partition coefficient (Wildman–Crippen LogP) is 2.55. The van der Waals surface area contributed by atoms with Crippen molar-refractivity contribution in [1.82, 2.24) is 15.2 Å². The molecule has 0 bridgehead atoms. The fourth-order valence-electron chi connectivity index (χ4n) is 2.80. The Kier molecular flexibility index (Phi) is 5.77. The van der Waals surface area contributed by atoms with Crippen LogP contribution in [0.3, 0.4) is 0 Å². The molecule has 138 valence electrons. The summed E-state index contributed by atoms with van der Waals surface area (Å²) in [5, 5.41) is 5.43. The molecule has 1 saturated heterocycles. The van der Waals surface area contributed by atoms with Crippen molar-refractivity contribution in [2.75, 3.05) is 0 Å². The van der Waals surface area contributed by atoms with Gasteiger partial charge in [-0.25, -0.2) is 4.98 Å². The van der Waals surface area contributed by atoms with Crippen molar-refractivity contribution in [2.24, 2.45) is 0 Å². The molecule has 6 nitrogen and oxygen atoms in total. The zero-order chi connectivity index (χ0) is 18.5. The number of aromatic nitrogens is 1. The molecular formula is C17H17F2N3O3S. The van der Waals surface area contributed by atoms with E-state index in [0.717, 1.165) is 10.6 Å². The second-order valence-electron chi connectivity index (χ2n) is 5.74. The Morgan fingerprint density at radius 1 is 1.38 bits per heavy atom. The number of hydrogen-bond donors (Lipinski definition) is 1. The molecule has 1 aliphatic heterocycles. The fourth-order valence-corrected chi connectivity index (χ4v) is 3.35. The summed E-state index contributed by atoms with van der Waals surface area (Å²) in [6.07, 6.45) is 2.43. The molecule has 1 aromatic heterocycles. The van der Waals surface area contributed by atoms with Gasteiger partial charge in [0.05, 0.1) is 6.54 Å². The molecule has 0 saturated carbocycles. The Balaban J connectivity index is 1.61. The van der Waals surface area contributed by atoms with Crippen LogP contribution in [0.5, 0.6) is 5.75 Å². The first-order valence-corrected chi connectivity index (χ1v) is 8.90. The maximum absolute atomic E-state index is 12.4. The highest BCUT2D eigenvalue weighted by Gasteiger charge is 2.35. The average molecular weight is 381 g/mol. The largest absolute Gasteiger partial charge is 0.435 e. The lowest BCUT2D eigenvalue weighted by Crippen LogP contribution is -2.44. The molecule has 1 fully saturated rings. The van der Waals surface area contributed by atoms with Crippen molar-refractivity contribution in [1.29, 1.82) is 0 Å². The van der Waals surface area contributed by atoms with E-state index in [1.807, 2.05) is 5.38 Å². The standard InChI is InChI=1S/C17H17F2N3O3S/c18-17(19)25-12-3-1-11(2-4-12)10-22-13(5-6-15(22)23)16(24)21-9-14-20-7-8-26-14/h1-4,7-8,13,17H,5-6,9-10H2,(H,21,24)/t13-/m1/s1. The summed E-state index contributed by atoms with van der Waals surface area (Å²) in [7, 11) is 0. The molecule has 1 aromatic carbocycles. The van der Waals surface area contributed by atoms with Crippen LogP contribution in [0.2, 0.25) is 0 Å². The number of rotatable bonds is 7.